The molecule has 3 rings (SSSR count). The standard InChI is InChI=1S/C14H17FN2O3/c1-2-8-19-14(13-16-6-7-17-13)9-18-12-10(15)4-3-5-11(12)20-14/h3-5H,2,6-9H2,1H3,(H,16,17). The molecular weight excluding hydrogens is 263 g/mol. The maximum absolute atomic E-state index is 13.7. The predicted molar refractivity (Wildman–Crippen MR) is 71.8 cm³/mol. The molecule has 2 heterocycles. The summed E-state index contributed by atoms with van der Waals surface area (Å²) in [7, 11) is 0. The molecular formula is C14H17FN2O3. The van der Waals surface area contributed by atoms with Crippen LogP contribution in [0.4, 0.5) is 4.39 Å². The average molecular weight is 280 g/mol. The molecule has 1 aromatic rings. The monoisotopic (exact) mass is 280 g/mol. The van der Waals surface area contributed by atoms with Crippen molar-refractivity contribution in [3.63, 3.8) is 0 Å². The molecule has 1 aromatic carbocycles. The van der Waals surface area contributed by atoms with E-state index in [0.29, 0.717) is 24.7 Å². The highest BCUT2D eigenvalue weighted by atomic mass is 19.1. The number of para-hydroxylation sites is 1. The number of hydrogen-bond donors (Lipinski definition) is 1. The number of amidine groups is 1. The van der Waals surface area contributed by atoms with Crippen LogP contribution >= 0.6 is 0 Å². The molecule has 0 aliphatic carbocycles. The molecule has 0 bridgehead atoms. The van der Waals surface area contributed by atoms with Gasteiger partial charge in [-0.05, 0) is 18.6 Å². The molecule has 6 heteroatoms. The Kier molecular flexibility index (Phi) is 3.48. The lowest BCUT2D eigenvalue weighted by Gasteiger charge is -2.37. The van der Waals surface area contributed by atoms with Crippen LogP contribution in [0.2, 0.25) is 0 Å². The van der Waals surface area contributed by atoms with Crippen molar-refractivity contribution >= 4 is 5.84 Å². The number of nitrogens with zero attached hydrogens (tertiary/aromatic N) is 1. The first-order chi connectivity index (χ1) is 9.75. The van der Waals surface area contributed by atoms with Crippen LogP contribution in [0, 0.1) is 5.82 Å². The van der Waals surface area contributed by atoms with E-state index < -0.39 is 11.6 Å². The number of rotatable bonds is 4. The van der Waals surface area contributed by atoms with Crippen LogP contribution < -0.4 is 14.8 Å². The number of nitrogens with one attached hydrogen (secondary N) is 1. The Labute approximate surface area is 116 Å². The second-order valence-corrected chi connectivity index (χ2v) is 4.72. The van der Waals surface area contributed by atoms with Crippen molar-refractivity contribution in [3.8, 4) is 11.5 Å². The SMILES string of the molecule is CCCOC1(C2=NCCN2)COc2c(F)cccc2O1. The summed E-state index contributed by atoms with van der Waals surface area (Å²) < 4.78 is 30.9. The van der Waals surface area contributed by atoms with E-state index in [1.165, 1.54) is 6.07 Å². The van der Waals surface area contributed by atoms with Gasteiger partial charge in [-0.15, -0.1) is 0 Å². The Morgan fingerprint density at radius 1 is 1.50 bits per heavy atom. The van der Waals surface area contributed by atoms with Gasteiger partial charge in [0.25, 0.3) is 0 Å². The molecule has 1 N–H and O–H groups in total. The van der Waals surface area contributed by atoms with Gasteiger partial charge in [-0.1, -0.05) is 13.0 Å². The second-order valence-electron chi connectivity index (χ2n) is 4.72. The largest absolute Gasteiger partial charge is 0.479 e. The van der Waals surface area contributed by atoms with Crippen molar-refractivity contribution in [3.05, 3.63) is 24.0 Å². The summed E-state index contributed by atoms with van der Waals surface area (Å²) in [5.41, 5.74) is 0. The lowest BCUT2D eigenvalue weighted by Crippen LogP contribution is -2.57. The van der Waals surface area contributed by atoms with E-state index >= 15 is 0 Å². The summed E-state index contributed by atoms with van der Waals surface area (Å²) >= 11 is 0. The van der Waals surface area contributed by atoms with Gasteiger partial charge in [0, 0.05) is 6.54 Å². The fourth-order valence-electron chi connectivity index (χ4n) is 2.26. The van der Waals surface area contributed by atoms with E-state index in [0.717, 1.165) is 13.0 Å². The molecule has 108 valence electrons. The van der Waals surface area contributed by atoms with E-state index in [-0.39, 0.29) is 12.4 Å². The lowest BCUT2D eigenvalue weighted by molar-refractivity contribution is -0.165. The minimum Gasteiger partial charge on any atom is -0.479 e. The number of ether oxygens (including phenoxy) is 3. The molecule has 1 unspecified atom stereocenters. The first-order valence-corrected chi connectivity index (χ1v) is 6.78. The molecule has 0 saturated carbocycles. The summed E-state index contributed by atoms with van der Waals surface area (Å²) in [6.45, 7) is 4.01. The number of hydrogen-bond acceptors (Lipinski definition) is 5. The maximum Gasteiger partial charge on any atom is 0.304 e. The highest BCUT2D eigenvalue weighted by Crippen LogP contribution is 2.38. The molecule has 0 aromatic heterocycles. The first kappa shape index (κ1) is 13.2. The lowest BCUT2D eigenvalue weighted by atomic mass is 10.2. The molecule has 1 atom stereocenters. The van der Waals surface area contributed by atoms with E-state index in [1.54, 1.807) is 12.1 Å². The fraction of sp³-hybridized carbons (Fsp3) is 0.500. The van der Waals surface area contributed by atoms with Crippen LogP contribution in [0.5, 0.6) is 11.5 Å². The van der Waals surface area contributed by atoms with E-state index in [9.17, 15) is 4.39 Å². The first-order valence-electron chi connectivity index (χ1n) is 6.78. The zero-order valence-electron chi connectivity index (χ0n) is 11.3. The summed E-state index contributed by atoms with van der Waals surface area (Å²) in [5, 5.41) is 3.15. The maximum atomic E-state index is 13.7. The topological polar surface area (TPSA) is 52.1 Å². The number of aliphatic imine (C=N–C) groups is 1. The van der Waals surface area contributed by atoms with E-state index in [1.807, 2.05) is 6.92 Å². The van der Waals surface area contributed by atoms with Crippen molar-refractivity contribution in [2.45, 2.75) is 19.1 Å². The number of halogens is 1. The number of benzene rings is 1. The molecule has 0 amide bonds. The predicted octanol–water partition coefficient (Wildman–Crippen LogP) is 1.72. The molecule has 0 spiro atoms. The number of fused-ring (bicyclic) bond motifs is 1. The van der Waals surface area contributed by atoms with Crippen LogP contribution in [-0.2, 0) is 4.74 Å². The van der Waals surface area contributed by atoms with E-state index in [2.05, 4.69) is 10.3 Å². The minimum atomic E-state index is -1.10. The third-order valence-corrected chi connectivity index (χ3v) is 3.19. The van der Waals surface area contributed by atoms with Crippen molar-refractivity contribution in [2.24, 2.45) is 4.99 Å². The Bertz CT molecular complexity index is 535. The van der Waals surface area contributed by atoms with Gasteiger partial charge >= 0.3 is 5.79 Å². The van der Waals surface area contributed by atoms with Crippen LogP contribution in [0.3, 0.4) is 0 Å². The summed E-state index contributed by atoms with van der Waals surface area (Å²) in [4.78, 5) is 4.36. The van der Waals surface area contributed by atoms with Crippen LogP contribution in [0.1, 0.15) is 13.3 Å². The van der Waals surface area contributed by atoms with Crippen molar-refractivity contribution in [1.82, 2.24) is 5.32 Å². The quantitative estimate of drug-likeness (QED) is 0.912. The Morgan fingerprint density at radius 3 is 3.15 bits per heavy atom. The minimum absolute atomic E-state index is 0.0762. The Hall–Kier alpha value is -1.82. The molecule has 2 aliphatic heterocycles. The Balaban J connectivity index is 1.92. The van der Waals surface area contributed by atoms with Crippen molar-refractivity contribution in [2.75, 3.05) is 26.3 Å². The molecule has 0 saturated heterocycles. The zero-order chi connectivity index (χ0) is 14.0. The van der Waals surface area contributed by atoms with Crippen molar-refractivity contribution in [1.29, 1.82) is 0 Å². The van der Waals surface area contributed by atoms with E-state index in [4.69, 9.17) is 14.2 Å². The average Bonchev–Trinajstić information content (AvgIpc) is 3.00. The van der Waals surface area contributed by atoms with Crippen molar-refractivity contribution < 1.29 is 18.6 Å². The van der Waals surface area contributed by atoms with Crippen LogP contribution in [0.15, 0.2) is 23.2 Å². The van der Waals surface area contributed by atoms with Gasteiger partial charge in [0.2, 0.25) is 0 Å². The van der Waals surface area contributed by atoms with Gasteiger partial charge in [0.15, 0.2) is 29.8 Å². The highest BCUT2D eigenvalue weighted by molar-refractivity contribution is 5.91. The Morgan fingerprint density at radius 2 is 2.40 bits per heavy atom. The van der Waals surface area contributed by atoms with Gasteiger partial charge in [-0.3, -0.25) is 4.99 Å². The molecule has 5 nitrogen and oxygen atoms in total. The molecule has 2 aliphatic rings. The summed E-state index contributed by atoms with van der Waals surface area (Å²) in [6, 6.07) is 4.59. The highest BCUT2D eigenvalue weighted by Gasteiger charge is 2.46. The zero-order valence-corrected chi connectivity index (χ0v) is 11.3. The van der Waals surface area contributed by atoms with Crippen LogP contribution in [0.25, 0.3) is 0 Å². The summed E-state index contributed by atoms with van der Waals surface area (Å²) in [6.07, 6.45) is 0.842. The molecule has 20 heavy (non-hydrogen) atoms. The molecule has 0 radical (unpaired) electrons. The van der Waals surface area contributed by atoms with Gasteiger partial charge in [-0.25, -0.2) is 4.39 Å². The van der Waals surface area contributed by atoms with Gasteiger partial charge in [0.1, 0.15) is 0 Å². The molecule has 0 fully saturated rings. The van der Waals surface area contributed by atoms with Crippen LogP contribution in [-0.4, -0.2) is 37.9 Å². The second kappa shape index (κ2) is 5.28. The van der Waals surface area contributed by atoms with Gasteiger partial charge in [0.05, 0.1) is 13.2 Å². The smallest absolute Gasteiger partial charge is 0.304 e. The summed E-state index contributed by atoms with van der Waals surface area (Å²) in [5.74, 6) is -0.466. The van der Waals surface area contributed by atoms with Gasteiger partial charge in [-0.2, -0.15) is 0 Å². The third kappa shape index (κ3) is 2.20. The van der Waals surface area contributed by atoms with Gasteiger partial charge < -0.3 is 19.5 Å². The normalized spacial score (nSPS) is 24.2. The fourth-order valence-corrected chi connectivity index (χ4v) is 2.26. The third-order valence-electron chi connectivity index (χ3n) is 3.19.